The molecule has 0 amide bonds. The first kappa shape index (κ1) is 21.9. The molecule has 3 aromatic rings. The van der Waals surface area contributed by atoms with Crippen molar-refractivity contribution in [1.82, 2.24) is 9.97 Å². The van der Waals surface area contributed by atoms with Crippen LogP contribution in [0.15, 0.2) is 48.5 Å². The van der Waals surface area contributed by atoms with Crippen LogP contribution in [0.2, 0.25) is 0 Å². The first-order valence-corrected chi connectivity index (χ1v) is 10.8. The number of esters is 1. The zero-order chi connectivity index (χ0) is 21.6. The normalized spacial score (nSPS) is 11.6. The van der Waals surface area contributed by atoms with E-state index < -0.39 is 0 Å². The molecule has 0 N–H and O–H groups in total. The Balaban J connectivity index is 1.82. The van der Waals surface area contributed by atoms with E-state index in [9.17, 15) is 4.79 Å². The van der Waals surface area contributed by atoms with Crippen molar-refractivity contribution >= 4 is 17.0 Å². The van der Waals surface area contributed by atoms with E-state index in [0.29, 0.717) is 16.5 Å². The van der Waals surface area contributed by atoms with E-state index in [1.54, 1.807) is 12.1 Å². The van der Waals surface area contributed by atoms with Gasteiger partial charge in [0.2, 0.25) is 0 Å². The fourth-order valence-electron chi connectivity index (χ4n) is 3.64. The zero-order valence-electron chi connectivity index (χ0n) is 18.6. The SMILES string of the molecule is COC(=O)c1ccc2nc(CCCCCCC(C)(C)C)c(-c3ccccc3)nc2c1. The summed E-state index contributed by atoms with van der Waals surface area (Å²) in [5.74, 6) is -0.362. The van der Waals surface area contributed by atoms with Crippen LogP contribution < -0.4 is 0 Å². The van der Waals surface area contributed by atoms with Gasteiger partial charge in [-0.25, -0.2) is 14.8 Å². The lowest BCUT2D eigenvalue weighted by Crippen LogP contribution is -2.04. The summed E-state index contributed by atoms with van der Waals surface area (Å²) >= 11 is 0. The Bertz CT molecular complexity index is 991. The van der Waals surface area contributed by atoms with E-state index in [2.05, 4.69) is 32.9 Å². The number of nitrogens with zero attached hydrogens (tertiary/aromatic N) is 2. The summed E-state index contributed by atoms with van der Waals surface area (Å²) in [5, 5.41) is 0. The van der Waals surface area contributed by atoms with Crippen LogP contribution in [0.1, 0.15) is 68.9 Å². The second-order valence-electron chi connectivity index (χ2n) is 9.05. The summed E-state index contributed by atoms with van der Waals surface area (Å²) in [4.78, 5) is 21.7. The third-order valence-corrected chi connectivity index (χ3v) is 5.30. The summed E-state index contributed by atoms with van der Waals surface area (Å²) < 4.78 is 4.84. The lowest BCUT2D eigenvalue weighted by atomic mass is 9.89. The lowest BCUT2D eigenvalue weighted by molar-refractivity contribution is 0.0601. The molecule has 4 heteroatoms. The van der Waals surface area contributed by atoms with E-state index in [4.69, 9.17) is 14.7 Å². The summed E-state index contributed by atoms with van der Waals surface area (Å²) in [6, 6.07) is 15.5. The average molecular weight is 405 g/mol. The zero-order valence-corrected chi connectivity index (χ0v) is 18.6. The van der Waals surface area contributed by atoms with E-state index in [0.717, 1.165) is 35.3 Å². The minimum Gasteiger partial charge on any atom is -0.465 e. The molecule has 0 bridgehead atoms. The molecule has 0 aliphatic rings. The maximum absolute atomic E-state index is 11.9. The van der Waals surface area contributed by atoms with Crippen LogP contribution in [-0.4, -0.2) is 23.0 Å². The van der Waals surface area contributed by atoms with E-state index in [1.807, 2.05) is 24.3 Å². The molecule has 0 atom stereocenters. The Morgan fingerprint density at radius 2 is 1.63 bits per heavy atom. The van der Waals surface area contributed by atoms with Crippen LogP contribution in [0, 0.1) is 5.41 Å². The molecule has 3 rings (SSSR count). The van der Waals surface area contributed by atoms with Gasteiger partial charge >= 0.3 is 5.97 Å². The monoisotopic (exact) mass is 404 g/mol. The molecule has 0 unspecified atom stereocenters. The van der Waals surface area contributed by atoms with E-state index >= 15 is 0 Å². The number of aryl methyl sites for hydroxylation is 1. The van der Waals surface area contributed by atoms with Gasteiger partial charge in [0.25, 0.3) is 0 Å². The van der Waals surface area contributed by atoms with Gasteiger partial charge in [0.15, 0.2) is 0 Å². The molecule has 1 aromatic heterocycles. The third kappa shape index (κ3) is 5.88. The van der Waals surface area contributed by atoms with Crippen LogP contribution in [-0.2, 0) is 11.2 Å². The molecular formula is C26H32N2O2. The van der Waals surface area contributed by atoms with E-state index in [1.165, 1.54) is 32.8 Å². The fraction of sp³-hybridized carbons (Fsp3) is 0.423. The van der Waals surface area contributed by atoms with Crippen molar-refractivity contribution in [2.24, 2.45) is 5.41 Å². The molecule has 0 saturated carbocycles. The van der Waals surface area contributed by atoms with Crippen LogP contribution in [0.3, 0.4) is 0 Å². The van der Waals surface area contributed by atoms with Gasteiger partial charge in [0.05, 0.1) is 35.1 Å². The number of unbranched alkanes of at least 4 members (excludes halogenated alkanes) is 3. The van der Waals surface area contributed by atoms with Gasteiger partial charge in [-0.2, -0.15) is 0 Å². The Hall–Kier alpha value is -2.75. The average Bonchev–Trinajstić information content (AvgIpc) is 2.74. The fourth-order valence-corrected chi connectivity index (χ4v) is 3.64. The Labute approximate surface area is 179 Å². The minimum absolute atomic E-state index is 0.362. The molecule has 30 heavy (non-hydrogen) atoms. The quantitative estimate of drug-likeness (QED) is 0.313. The Kier molecular flexibility index (Phi) is 7.20. The number of carbonyl (C=O) groups excluding carboxylic acids is 1. The van der Waals surface area contributed by atoms with Gasteiger partial charge in [-0.15, -0.1) is 0 Å². The molecule has 0 aliphatic heterocycles. The number of aromatic nitrogens is 2. The largest absolute Gasteiger partial charge is 0.465 e. The second kappa shape index (κ2) is 9.84. The highest BCUT2D eigenvalue weighted by Gasteiger charge is 2.14. The van der Waals surface area contributed by atoms with Crippen molar-refractivity contribution < 1.29 is 9.53 Å². The van der Waals surface area contributed by atoms with Gasteiger partial charge in [0, 0.05) is 5.56 Å². The number of hydrogen-bond acceptors (Lipinski definition) is 4. The molecule has 0 radical (unpaired) electrons. The van der Waals surface area contributed by atoms with Crippen molar-refractivity contribution in [3.63, 3.8) is 0 Å². The lowest BCUT2D eigenvalue weighted by Gasteiger charge is -2.17. The van der Waals surface area contributed by atoms with Crippen molar-refractivity contribution in [3.05, 3.63) is 59.8 Å². The number of ether oxygens (including phenoxy) is 1. The Morgan fingerprint density at radius 3 is 2.33 bits per heavy atom. The standard InChI is InChI=1S/C26H32N2O2/c1-26(2,3)17-11-6-5-10-14-22-24(19-12-8-7-9-13-19)28-23-18-20(25(29)30-4)15-16-21(23)27-22/h7-9,12-13,15-16,18H,5-6,10-11,14,17H2,1-4H3. The van der Waals surface area contributed by atoms with Crippen LogP contribution >= 0.6 is 0 Å². The topological polar surface area (TPSA) is 52.1 Å². The predicted molar refractivity (Wildman–Crippen MR) is 123 cm³/mol. The highest BCUT2D eigenvalue weighted by Crippen LogP contribution is 2.26. The van der Waals surface area contributed by atoms with Gasteiger partial charge in [0.1, 0.15) is 0 Å². The van der Waals surface area contributed by atoms with Crippen LogP contribution in [0.25, 0.3) is 22.3 Å². The van der Waals surface area contributed by atoms with Crippen LogP contribution in [0.4, 0.5) is 0 Å². The van der Waals surface area contributed by atoms with Crippen LogP contribution in [0.5, 0.6) is 0 Å². The van der Waals surface area contributed by atoms with Gasteiger partial charge in [-0.05, 0) is 42.9 Å². The first-order valence-electron chi connectivity index (χ1n) is 10.8. The molecule has 158 valence electrons. The number of carbonyl (C=O) groups is 1. The summed E-state index contributed by atoms with van der Waals surface area (Å²) in [7, 11) is 1.39. The molecule has 4 nitrogen and oxygen atoms in total. The summed E-state index contributed by atoms with van der Waals surface area (Å²) in [6.45, 7) is 6.90. The molecule has 1 heterocycles. The van der Waals surface area contributed by atoms with E-state index in [-0.39, 0.29) is 5.97 Å². The highest BCUT2D eigenvalue weighted by molar-refractivity contribution is 5.93. The van der Waals surface area contributed by atoms with Gasteiger partial charge in [-0.3, -0.25) is 0 Å². The van der Waals surface area contributed by atoms with Crippen molar-refractivity contribution in [1.29, 1.82) is 0 Å². The highest BCUT2D eigenvalue weighted by atomic mass is 16.5. The predicted octanol–water partition coefficient (Wildman–Crippen LogP) is 6.62. The Morgan fingerprint density at radius 1 is 0.900 bits per heavy atom. The van der Waals surface area contributed by atoms with Gasteiger partial charge < -0.3 is 4.74 Å². The maximum Gasteiger partial charge on any atom is 0.337 e. The molecule has 0 spiro atoms. The molecule has 2 aromatic carbocycles. The first-order chi connectivity index (χ1) is 14.4. The van der Waals surface area contributed by atoms with Crippen molar-refractivity contribution in [2.45, 2.75) is 59.3 Å². The number of methoxy groups -OCH3 is 1. The number of rotatable bonds is 8. The molecule has 0 saturated heterocycles. The molecule has 0 fully saturated rings. The van der Waals surface area contributed by atoms with Crippen molar-refractivity contribution in [3.8, 4) is 11.3 Å². The number of benzene rings is 2. The maximum atomic E-state index is 11.9. The molecule has 0 aliphatic carbocycles. The number of hydrogen-bond donors (Lipinski definition) is 0. The van der Waals surface area contributed by atoms with Crippen molar-refractivity contribution in [2.75, 3.05) is 7.11 Å². The van der Waals surface area contributed by atoms with Gasteiger partial charge in [-0.1, -0.05) is 70.4 Å². The number of fused-ring (bicyclic) bond motifs is 1. The second-order valence-corrected chi connectivity index (χ2v) is 9.05. The summed E-state index contributed by atoms with van der Waals surface area (Å²) in [6.07, 6.45) is 6.99. The third-order valence-electron chi connectivity index (χ3n) is 5.30. The minimum atomic E-state index is -0.362. The summed E-state index contributed by atoms with van der Waals surface area (Å²) in [5.41, 5.74) is 5.40. The smallest absolute Gasteiger partial charge is 0.337 e. The molecular weight excluding hydrogens is 372 g/mol.